The highest BCUT2D eigenvalue weighted by atomic mass is 35.5. The third-order valence-corrected chi connectivity index (χ3v) is 7.08. The molecule has 178 valence electrons. The number of imidazole rings is 1. The molecule has 2 aromatic carbocycles. The maximum atomic E-state index is 15.0. The molecule has 0 aliphatic heterocycles. The van der Waals surface area contributed by atoms with Crippen molar-refractivity contribution in [3.8, 4) is 27.8 Å². The lowest BCUT2D eigenvalue weighted by atomic mass is 10.1. The number of pyridine rings is 2. The van der Waals surface area contributed by atoms with Crippen LogP contribution in [0.3, 0.4) is 0 Å². The zero-order valence-corrected chi connectivity index (χ0v) is 20.5. The van der Waals surface area contributed by atoms with Crippen LogP contribution in [0.25, 0.3) is 31.8 Å². The van der Waals surface area contributed by atoms with Gasteiger partial charge in [0.1, 0.15) is 17.3 Å². The number of aromatic nitrogens is 4. The summed E-state index contributed by atoms with van der Waals surface area (Å²) in [7, 11) is 1.60. The number of hydrogen-bond acceptors (Lipinski definition) is 6. The van der Waals surface area contributed by atoms with E-state index in [1.807, 2.05) is 36.4 Å². The van der Waals surface area contributed by atoms with Crippen LogP contribution in [0.4, 0.5) is 4.39 Å². The third kappa shape index (κ3) is 4.36. The smallest absolute Gasteiger partial charge is 0.166 e. The van der Waals surface area contributed by atoms with Crippen LogP contribution in [0, 0.1) is 5.82 Å². The van der Waals surface area contributed by atoms with Gasteiger partial charge in [-0.1, -0.05) is 17.7 Å². The monoisotopic (exact) mass is 516 g/mol. The van der Waals surface area contributed by atoms with Gasteiger partial charge in [0.25, 0.3) is 0 Å². The summed E-state index contributed by atoms with van der Waals surface area (Å²) in [6.45, 7) is 0. The molecule has 6 aromatic rings. The minimum Gasteiger partial charge on any atom is -0.495 e. The molecule has 0 saturated carbocycles. The van der Waals surface area contributed by atoms with Crippen LogP contribution in [0.2, 0.25) is 5.02 Å². The number of benzene rings is 2. The van der Waals surface area contributed by atoms with Crippen LogP contribution in [-0.4, -0.2) is 27.0 Å². The number of nitrogens with zero attached hydrogens (tertiary/aromatic N) is 3. The number of halogens is 2. The van der Waals surface area contributed by atoms with Gasteiger partial charge in [-0.25, -0.2) is 9.37 Å². The summed E-state index contributed by atoms with van der Waals surface area (Å²) in [5.74, 6) is 1.64. The molecule has 0 spiro atoms. The molecule has 0 aliphatic carbocycles. The molecule has 0 saturated heterocycles. The molecule has 0 bridgehead atoms. The Kier molecular flexibility index (Phi) is 5.75. The zero-order chi connectivity index (χ0) is 24.6. The number of aromatic amines is 1. The number of thiophene rings is 1. The SMILES string of the molecule is COc1ccc(-c2cc3nccc(Oc4ccc(Cc5nc6ccc(Cl)cc6[nH]5)cc4F)c3s2)nc1. The minimum atomic E-state index is -0.454. The molecule has 6 nitrogen and oxygen atoms in total. The van der Waals surface area contributed by atoms with Gasteiger partial charge in [-0.15, -0.1) is 11.3 Å². The molecule has 6 rings (SSSR count). The second-order valence-corrected chi connectivity index (χ2v) is 9.59. The summed E-state index contributed by atoms with van der Waals surface area (Å²) in [6, 6.07) is 17.8. The van der Waals surface area contributed by atoms with Gasteiger partial charge in [0.2, 0.25) is 0 Å². The predicted molar refractivity (Wildman–Crippen MR) is 140 cm³/mol. The first-order valence-electron chi connectivity index (χ1n) is 11.0. The Hall–Kier alpha value is -4.01. The van der Waals surface area contributed by atoms with Crippen molar-refractivity contribution < 1.29 is 13.9 Å². The molecule has 4 heterocycles. The first kappa shape index (κ1) is 22.5. The average Bonchev–Trinajstić information content (AvgIpc) is 3.50. The van der Waals surface area contributed by atoms with Crippen LogP contribution in [0.1, 0.15) is 11.4 Å². The van der Waals surface area contributed by atoms with E-state index in [9.17, 15) is 0 Å². The van der Waals surface area contributed by atoms with Gasteiger partial charge in [0, 0.05) is 23.7 Å². The van der Waals surface area contributed by atoms with Crippen molar-refractivity contribution in [2.45, 2.75) is 6.42 Å². The van der Waals surface area contributed by atoms with E-state index in [-0.39, 0.29) is 5.75 Å². The van der Waals surface area contributed by atoms with Crippen LogP contribution < -0.4 is 9.47 Å². The van der Waals surface area contributed by atoms with E-state index in [4.69, 9.17) is 21.1 Å². The van der Waals surface area contributed by atoms with Crippen LogP contribution in [0.15, 0.2) is 73.1 Å². The molecule has 0 fully saturated rings. The van der Waals surface area contributed by atoms with Crippen molar-refractivity contribution in [1.29, 1.82) is 0 Å². The van der Waals surface area contributed by atoms with E-state index < -0.39 is 5.82 Å². The molecule has 1 N–H and O–H groups in total. The lowest BCUT2D eigenvalue weighted by molar-refractivity contribution is 0.413. The molecule has 0 amide bonds. The van der Waals surface area contributed by atoms with Crippen molar-refractivity contribution in [1.82, 2.24) is 19.9 Å². The highest BCUT2D eigenvalue weighted by Crippen LogP contribution is 2.39. The van der Waals surface area contributed by atoms with Crippen molar-refractivity contribution in [3.05, 3.63) is 95.3 Å². The normalized spacial score (nSPS) is 11.3. The molecule has 4 aromatic heterocycles. The Balaban J connectivity index is 1.25. The molecule has 0 atom stereocenters. The zero-order valence-electron chi connectivity index (χ0n) is 19.0. The highest BCUT2D eigenvalue weighted by molar-refractivity contribution is 7.22. The lowest BCUT2D eigenvalue weighted by Gasteiger charge is -2.09. The van der Waals surface area contributed by atoms with Crippen LogP contribution >= 0.6 is 22.9 Å². The van der Waals surface area contributed by atoms with Crippen molar-refractivity contribution >= 4 is 44.2 Å². The Morgan fingerprint density at radius 1 is 0.972 bits per heavy atom. The van der Waals surface area contributed by atoms with E-state index in [0.717, 1.165) is 43.2 Å². The Morgan fingerprint density at radius 3 is 2.69 bits per heavy atom. The Labute approximate surface area is 214 Å². The number of ether oxygens (including phenoxy) is 2. The van der Waals surface area contributed by atoms with Gasteiger partial charge < -0.3 is 14.5 Å². The quantitative estimate of drug-likeness (QED) is 0.249. The second kappa shape index (κ2) is 9.22. The van der Waals surface area contributed by atoms with Crippen molar-refractivity contribution in [3.63, 3.8) is 0 Å². The van der Waals surface area contributed by atoms with E-state index in [0.29, 0.717) is 22.9 Å². The van der Waals surface area contributed by atoms with Crippen LogP contribution in [0.5, 0.6) is 17.2 Å². The van der Waals surface area contributed by atoms with Crippen molar-refractivity contribution in [2.75, 3.05) is 7.11 Å². The van der Waals surface area contributed by atoms with Crippen molar-refractivity contribution in [2.24, 2.45) is 0 Å². The fourth-order valence-electron chi connectivity index (χ4n) is 3.94. The summed E-state index contributed by atoms with van der Waals surface area (Å²) in [6.07, 6.45) is 3.77. The van der Waals surface area contributed by atoms with Gasteiger partial charge in [-0.2, -0.15) is 0 Å². The Bertz CT molecular complexity index is 1720. The number of hydrogen-bond donors (Lipinski definition) is 1. The molecular formula is C27H18ClFN4O2S. The van der Waals surface area contributed by atoms with Gasteiger partial charge in [0.15, 0.2) is 11.6 Å². The fourth-order valence-corrected chi connectivity index (χ4v) is 5.15. The van der Waals surface area contributed by atoms with E-state index in [2.05, 4.69) is 19.9 Å². The van der Waals surface area contributed by atoms with E-state index >= 15 is 4.39 Å². The first-order valence-corrected chi connectivity index (χ1v) is 12.2. The molecule has 36 heavy (non-hydrogen) atoms. The topological polar surface area (TPSA) is 72.9 Å². The minimum absolute atomic E-state index is 0.139. The largest absolute Gasteiger partial charge is 0.495 e. The molecule has 0 unspecified atom stereocenters. The number of methoxy groups -OCH3 is 1. The molecular weight excluding hydrogens is 499 g/mol. The fraction of sp³-hybridized carbons (Fsp3) is 0.0741. The summed E-state index contributed by atoms with van der Waals surface area (Å²) in [5, 5.41) is 0.633. The number of rotatable bonds is 6. The summed E-state index contributed by atoms with van der Waals surface area (Å²) < 4.78 is 27.0. The number of H-pyrrole nitrogens is 1. The average molecular weight is 517 g/mol. The second-order valence-electron chi connectivity index (χ2n) is 8.11. The Morgan fingerprint density at radius 2 is 1.89 bits per heavy atom. The lowest BCUT2D eigenvalue weighted by Crippen LogP contribution is -1.94. The predicted octanol–water partition coefficient (Wildman–Crippen LogP) is 7.42. The van der Waals surface area contributed by atoms with Gasteiger partial charge >= 0.3 is 0 Å². The van der Waals surface area contributed by atoms with Gasteiger partial charge in [-0.3, -0.25) is 9.97 Å². The molecule has 0 aliphatic rings. The maximum Gasteiger partial charge on any atom is 0.166 e. The highest BCUT2D eigenvalue weighted by Gasteiger charge is 2.14. The van der Waals surface area contributed by atoms with E-state index in [1.165, 1.54) is 17.4 Å². The first-order chi connectivity index (χ1) is 17.6. The number of fused-ring (bicyclic) bond motifs is 2. The molecule has 9 heteroatoms. The van der Waals surface area contributed by atoms with Gasteiger partial charge in [-0.05, 0) is 54.1 Å². The number of nitrogens with one attached hydrogen (secondary N) is 1. The van der Waals surface area contributed by atoms with Gasteiger partial charge in [0.05, 0.1) is 45.1 Å². The van der Waals surface area contributed by atoms with E-state index in [1.54, 1.807) is 37.7 Å². The van der Waals surface area contributed by atoms with Crippen LogP contribution in [-0.2, 0) is 6.42 Å². The summed E-state index contributed by atoms with van der Waals surface area (Å²) in [5.41, 5.74) is 3.99. The summed E-state index contributed by atoms with van der Waals surface area (Å²) >= 11 is 7.54. The molecule has 0 radical (unpaired) electrons. The summed E-state index contributed by atoms with van der Waals surface area (Å²) in [4.78, 5) is 17.6. The third-order valence-electron chi connectivity index (χ3n) is 5.68. The standard InChI is InChI=1S/C27H18ClFN4O2S/c1-34-17-4-6-20(31-14-17)25-13-22-27(36-25)24(8-9-30-22)35-23-7-2-15(10-18(23)29)11-26-32-19-5-3-16(28)12-21(19)33-26/h2-10,12-14H,11H2,1H3,(H,32,33). The maximum absolute atomic E-state index is 15.0.